The van der Waals surface area contributed by atoms with Gasteiger partial charge in [0.1, 0.15) is 23.0 Å². The van der Waals surface area contributed by atoms with Gasteiger partial charge in [-0.2, -0.15) is 0 Å². The van der Waals surface area contributed by atoms with Gasteiger partial charge in [0.05, 0.1) is 12.5 Å². The van der Waals surface area contributed by atoms with Gasteiger partial charge < -0.3 is 18.9 Å². The molecule has 0 aliphatic heterocycles. The lowest BCUT2D eigenvalue weighted by Gasteiger charge is -2.15. The molecule has 0 saturated heterocycles. The van der Waals surface area contributed by atoms with Crippen LogP contribution in [-0.4, -0.2) is 6.16 Å². The Labute approximate surface area is 153 Å². The Morgan fingerprint density at radius 2 is 1.15 bits per heavy atom. The molecule has 0 radical (unpaired) electrons. The van der Waals surface area contributed by atoms with Crippen LogP contribution in [0.3, 0.4) is 0 Å². The van der Waals surface area contributed by atoms with Gasteiger partial charge in [-0.15, -0.1) is 0 Å². The molecule has 0 unspecified atom stereocenters. The summed E-state index contributed by atoms with van der Waals surface area (Å²) in [6.45, 7) is 14.5. The van der Waals surface area contributed by atoms with E-state index in [1.807, 2.05) is 13.8 Å². The van der Waals surface area contributed by atoms with Crippen LogP contribution in [0.5, 0.6) is 23.0 Å². The van der Waals surface area contributed by atoms with Crippen molar-refractivity contribution in [3.63, 3.8) is 0 Å². The van der Waals surface area contributed by atoms with Gasteiger partial charge in [0.2, 0.25) is 0 Å². The lowest BCUT2D eigenvalue weighted by Crippen LogP contribution is -2.15. The minimum absolute atomic E-state index is 0.352. The predicted octanol–water partition coefficient (Wildman–Crippen LogP) is 5.54. The summed E-state index contributed by atoms with van der Waals surface area (Å²) >= 11 is 0. The van der Waals surface area contributed by atoms with Crippen LogP contribution in [0.4, 0.5) is 4.79 Å². The number of carbonyl (C=O) groups excluding carboxylic acids is 1. The molecule has 0 spiro atoms. The molecule has 0 aliphatic rings. The Morgan fingerprint density at radius 3 is 1.50 bits per heavy atom. The first-order valence-electron chi connectivity index (χ1n) is 8.04. The molecule has 2 aromatic rings. The van der Waals surface area contributed by atoms with Crippen LogP contribution in [0, 0.1) is 27.7 Å². The number of aryl methyl sites for hydroxylation is 2. The molecule has 136 valence electrons. The lowest BCUT2D eigenvalue weighted by molar-refractivity contribution is 0.151. The fraction of sp³-hybridized carbons (Fsp3) is 0.190. The minimum atomic E-state index is -0.849. The molecule has 0 atom stereocenters. The topological polar surface area (TPSA) is 54.0 Å². The van der Waals surface area contributed by atoms with E-state index in [1.165, 1.54) is 12.5 Å². The third-order valence-corrected chi connectivity index (χ3v) is 3.90. The smallest absolute Gasteiger partial charge is 0.465 e. The maximum atomic E-state index is 12.2. The predicted molar refractivity (Wildman–Crippen MR) is 100 cm³/mol. The molecule has 5 nitrogen and oxygen atoms in total. The van der Waals surface area contributed by atoms with Crippen molar-refractivity contribution in [3.8, 4) is 23.0 Å². The van der Waals surface area contributed by atoms with Gasteiger partial charge in [-0.3, -0.25) is 0 Å². The van der Waals surface area contributed by atoms with E-state index in [2.05, 4.69) is 13.2 Å². The fourth-order valence-corrected chi connectivity index (χ4v) is 2.57. The van der Waals surface area contributed by atoms with Crippen molar-refractivity contribution in [1.82, 2.24) is 0 Å². The normalized spacial score (nSPS) is 10.0. The number of carbonyl (C=O) groups is 1. The summed E-state index contributed by atoms with van der Waals surface area (Å²) < 4.78 is 21.5. The van der Waals surface area contributed by atoms with Crippen molar-refractivity contribution in [2.75, 3.05) is 0 Å². The second kappa shape index (κ2) is 8.25. The van der Waals surface area contributed by atoms with Gasteiger partial charge in [-0.05, 0) is 51.0 Å². The number of benzene rings is 2. The molecular weight excluding hydrogens is 332 g/mol. The summed E-state index contributed by atoms with van der Waals surface area (Å²) in [5.74, 6) is 1.89. The van der Waals surface area contributed by atoms with E-state index in [-0.39, 0.29) is 0 Å². The first-order valence-corrected chi connectivity index (χ1v) is 8.04. The summed E-state index contributed by atoms with van der Waals surface area (Å²) in [5, 5.41) is 0. The van der Waals surface area contributed by atoms with Crippen LogP contribution in [-0.2, 0) is 0 Å². The largest absolute Gasteiger partial charge is 0.519 e. The highest BCUT2D eigenvalue weighted by molar-refractivity contribution is 5.69. The van der Waals surface area contributed by atoms with E-state index in [4.69, 9.17) is 18.9 Å². The Morgan fingerprint density at radius 1 is 0.769 bits per heavy atom. The fourth-order valence-electron chi connectivity index (χ4n) is 2.57. The summed E-state index contributed by atoms with van der Waals surface area (Å²) in [6.07, 6.45) is 1.81. The van der Waals surface area contributed by atoms with Crippen molar-refractivity contribution < 1.29 is 23.7 Å². The van der Waals surface area contributed by atoms with Gasteiger partial charge in [0.25, 0.3) is 0 Å². The van der Waals surface area contributed by atoms with Crippen LogP contribution in [0.1, 0.15) is 22.3 Å². The van der Waals surface area contributed by atoms with E-state index in [0.717, 1.165) is 11.1 Å². The summed E-state index contributed by atoms with van der Waals surface area (Å²) in [7, 11) is 0. The Bertz CT molecular complexity index is 782. The first-order chi connectivity index (χ1) is 12.4. The number of hydrogen-bond donors (Lipinski definition) is 0. The highest BCUT2D eigenvalue weighted by Crippen LogP contribution is 2.33. The van der Waals surface area contributed by atoms with Gasteiger partial charge >= 0.3 is 6.16 Å². The SMILES string of the molecule is C=COc1c(C)ccc(OC(=O)Oc2ccc(C)c(OC=C)c2C)c1C. The number of hydrogen-bond acceptors (Lipinski definition) is 5. The lowest BCUT2D eigenvalue weighted by atomic mass is 10.1. The average Bonchev–Trinajstić information content (AvgIpc) is 2.60. The van der Waals surface area contributed by atoms with Gasteiger partial charge in [-0.1, -0.05) is 25.3 Å². The quantitative estimate of drug-likeness (QED) is 0.387. The zero-order valence-corrected chi connectivity index (χ0v) is 15.4. The Kier molecular flexibility index (Phi) is 6.07. The molecule has 0 fully saturated rings. The van der Waals surface area contributed by atoms with Crippen LogP contribution in [0.15, 0.2) is 49.9 Å². The molecule has 2 rings (SSSR count). The van der Waals surface area contributed by atoms with Crippen LogP contribution < -0.4 is 18.9 Å². The zero-order chi connectivity index (χ0) is 19.3. The minimum Gasteiger partial charge on any atom is -0.465 e. The second-order valence-corrected chi connectivity index (χ2v) is 5.69. The van der Waals surface area contributed by atoms with E-state index in [1.54, 1.807) is 38.1 Å². The Hall–Kier alpha value is -3.21. The van der Waals surface area contributed by atoms with Crippen LogP contribution in [0.2, 0.25) is 0 Å². The number of rotatable bonds is 6. The maximum absolute atomic E-state index is 12.2. The monoisotopic (exact) mass is 354 g/mol. The van der Waals surface area contributed by atoms with Crippen molar-refractivity contribution in [2.45, 2.75) is 27.7 Å². The first kappa shape index (κ1) is 19.1. The zero-order valence-electron chi connectivity index (χ0n) is 15.4. The maximum Gasteiger partial charge on any atom is 0.519 e. The molecule has 0 aromatic heterocycles. The molecule has 26 heavy (non-hydrogen) atoms. The van der Waals surface area contributed by atoms with Crippen LogP contribution in [0.25, 0.3) is 0 Å². The molecule has 0 N–H and O–H groups in total. The molecule has 0 amide bonds. The van der Waals surface area contributed by atoms with Crippen molar-refractivity contribution in [1.29, 1.82) is 0 Å². The summed E-state index contributed by atoms with van der Waals surface area (Å²) in [6, 6.07) is 6.97. The highest BCUT2D eigenvalue weighted by atomic mass is 16.7. The summed E-state index contributed by atoms with van der Waals surface area (Å²) in [4.78, 5) is 12.2. The number of ether oxygens (including phenoxy) is 4. The van der Waals surface area contributed by atoms with Gasteiger partial charge in [0.15, 0.2) is 0 Å². The van der Waals surface area contributed by atoms with Crippen molar-refractivity contribution in [2.24, 2.45) is 0 Å². The molecular formula is C21H22O5. The second-order valence-electron chi connectivity index (χ2n) is 5.69. The molecule has 5 heteroatoms. The molecule has 2 aromatic carbocycles. The third-order valence-electron chi connectivity index (χ3n) is 3.90. The standard InChI is InChI=1S/C21H22O5/c1-7-23-19-13(3)9-11-17(15(19)5)25-21(22)26-18-12-10-14(4)20(16(18)6)24-8-2/h7-12H,1-2H2,3-6H3. The van der Waals surface area contributed by atoms with E-state index in [0.29, 0.717) is 34.1 Å². The Balaban J connectivity index is 2.22. The van der Waals surface area contributed by atoms with Crippen molar-refractivity contribution in [3.05, 3.63) is 72.2 Å². The molecule has 0 saturated carbocycles. The highest BCUT2D eigenvalue weighted by Gasteiger charge is 2.17. The van der Waals surface area contributed by atoms with E-state index < -0.39 is 6.16 Å². The summed E-state index contributed by atoms with van der Waals surface area (Å²) in [5.41, 5.74) is 3.17. The van der Waals surface area contributed by atoms with Gasteiger partial charge in [-0.25, -0.2) is 4.79 Å². The van der Waals surface area contributed by atoms with E-state index >= 15 is 0 Å². The van der Waals surface area contributed by atoms with Crippen LogP contribution >= 0.6 is 0 Å². The molecule has 0 bridgehead atoms. The molecule has 0 heterocycles. The van der Waals surface area contributed by atoms with Gasteiger partial charge in [0, 0.05) is 11.1 Å². The van der Waals surface area contributed by atoms with Crippen molar-refractivity contribution >= 4 is 6.16 Å². The molecule has 0 aliphatic carbocycles. The van der Waals surface area contributed by atoms with E-state index in [9.17, 15) is 4.79 Å². The average molecular weight is 354 g/mol. The third kappa shape index (κ3) is 4.06.